The molecule has 0 spiro atoms. The third-order valence-corrected chi connectivity index (χ3v) is 9.65. The van der Waals surface area contributed by atoms with Gasteiger partial charge in [0.1, 0.15) is 22.9 Å². The summed E-state index contributed by atoms with van der Waals surface area (Å²) in [5.74, 6) is -0.0352. The quantitative estimate of drug-likeness (QED) is 0.0487. The lowest BCUT2D eigenvalue weighted by molar-refractivity contribution is -0.141. The van der Waals surface area contributed by atoms with Crippen LogP contribution in [0.2, 0.25) is 0 Å². The van der Waals surface area contributed by atoms with Gasteiger partial charge in [0.25, 0.3) is 11.8 Å². The van der Waals surface area contributed by atoms with Crippen LogP contribution in [0.1, 0.15) is 28.2 Å². The van der Waals surface area contributed by atoms with E-state index in [2.05, 4.69) is 99.4 Å². The van der Waals surface area contributed by atoms with Crippen LogP contribution in [0.3, 0.4) is 0 Å². The number of ether oxygens (including phenoxy) is 2. The maximum Gasteiger partial charge on any atom is 0.269 e. The van der Waals surface area contributed by atoms with Crippen LogP contribution in [-0.4, -0.2) is 75.1 Å². The molecule has 0 saturated carbocycles. The van der Waals surface area contributed by atoms with E-state index in [-0.39, 0.29) is 55.7 Å². The van der Waals surface area contributed by atoms with Crippen LogP contribution in [0.4, 0.5) is 11.9 Å². The summed E-state index contributed by atoms with van der Waals surface area (Å²) in [6.07, 6.45) is 1.83. The molecule has 262 valence electrons. The normalized spacial score (nSPS) is 12.8. The van der Waals surface area contributed by atoms with Crippen molar-refractivity contribution < 1.29 is 29.4 Å². The highest BCUT2D eigenvalue weighted by Crippen LogP contribution is 2.37. The van der Waals surface area contributed by atoms with Crippen molar-refractivity contribution in [2.45, 2.75) is 31.3 Å². The molecular formula is C30H33Br4N9O6. The summed E-state index contributed by atoms with van der Waals surface area (Å²) in [4.78, 5) is 40.9. The number of nitrogen functional groups attached to an aromatic ring is 2. The maximum absolute atomic E-state index is 13.8. The lowest BCUT2D eigenvalue weighted by Crippen LogP contribution is -2.47. The van der Waals surface area contributed by atoms with Crippen LogP contribution in [0.15, 0.2) is 53.5 Å². The van der Waals surface area contributed by atoms with E-state index in [1.165, 1.54) is 14.2 Å². The zero-order valence-electron chi connectivity index (χ0n) is 26.2. The number of carbonyl (C=O) groups is 2. The van der Waals surface area contributed by atoms with Crippen molar-refractivity contribution >= 4 is 93.1 Å². The molecular weight excluding hydrogens is 902 g/mol. The van der Waals surface area contributed by atoms with Gasteiger partial charge in [-0.15, -0.1) is 0 Å². The summed E-state index contributed by atoms with van der Waals surface area (Å²) in [6.45, 7) is 0.162. The van der Waals surface area contributed by atoms with Gasteiger partial charge < -0.3 is 51.9 Å². The summed E-state index contributed by atoms with van der Waals surface area (Å²) in [6, 6.07) is 6.94. The Morgan fingerprint density at radius 1 is 0.898 bits per heavy atom. The molecule has 0 aliphatic rings. The van der Waals surface area contributed by atoms with Crippen LogP contribution in [0.5, 0.6) is 11.5 Å². The lowest BCUT2D eigenvalue weighted by Gasteiger charge is -2.27. The van der Waals surface area contributed by atoms with E-state index < -0.39 is 17.4 Å². The predicted molar refractivity (Wildman–Crippen MR) is 197 cm³/mol. The highest BCUT2D eigenvalue weighted by molar-refractivity contribution is 9.11. The number of hydrogen-bond donors (Lipinski definition) is 8. The number of nitrogens with one attached hydrogen (secondary N) is 4. The third kappa shape index (κ3) is 9.33. The molecule has 2 amide bonds. The smallest absolute Gasteiger partial charge is 0.269 e. The fourth-order valence-electron chi connectivity index (χ4n) is 5.06. The van der Waals surface area contributed by atoms with Crippen molar-refractivity contribution in [3.05, 3.63) is 76.6 Å². The second-order valence-electron chi connectivity index (χ2n) is 10.7. The van der Waals surface area contributed by atoms with Crippen LogP contribution in [0.25, 0.3) is 0 Å². The van der Waals surface area contributed by atoms with E-state index in [1.807, 2.05) is 0 Å². The van der Waals surface area contributed by atoms with Gasteiger partial charge in [-0.3, -0.25) is 9.59 Å². The molecule has 2 aromatic heterocycles. The van der Waals surface area contributed by atoms with Gasteiger partial charge in [-0.1, -0.05) is 5.16 Å². The number of nitrogens with two attached hydrogens (primary N) is 2. The SMILES string of the molecule is COc1c(Br)cc(C/C(=N\O)C(=O)NCCc2[nH]c(N)nc2C(O)(Cc2cc(Br)c(OC)c(Br)c2)C(=O)NCCc2cnc(N)[nH]2)cc1Br. The van der Waals surface area contributed by atoms with E-state index in [0.29, 0.717) is 58.3 Å². The Morgan fingerprint density at radius 2 is 1.47 bits per heavy atom. The Balaban J connectivity index is 1.54. The van der Waals surface area contributed by atoms with Crippen LogP contribution in [0, 0.1) is 0 Å². The van der Waals surface area contributed by atoms with Crippen LogP contribution >= 0.6 is 63.7 Å². The maximum atomic E-state index is 13.8. The first kappa shape index (κ1) is 38.2. The van der Waals surface area contributed by atoms with Gasteiger partial charge in [0.2, 0.25) is 0 Å². The van der Waals surface area contributed by atoms with E-state index >= 15 is 0 Å². The third-order valence-electron chi connectivity index (χ3n) is 7.29. The standard InChI is InChI=1S/C30H33Br4N9O6/c1-48-23-17(31)7-14(8-18(23)32)11-22(43-47)26(44)37-6-4-21-25(42-29(36)41-21)30(46,12-15-9-19(33)24(49-2)20(34)10-15)27(45)38-5-3-16-13-39-28(35)40-16/h7-10,13,46-47H,3-6,11-12H2,1-2H3,(H,37,44)(H,38,45)(H3,35,39,40)(H3,36,41,42)/b43-22+. The number of carbonyl (C=O) groups excluding carboxylic acids is 2. The van der Waals surface area contributed by atoms with E-state index in [0.717, 1.165) is 0 Å². The number of anilines is 2. The Bertz CT molecular complexity index is 1820. The first-order valence-corrected chi connectivity index (χ1v) is 17.6. The van der Waals surface area contributed by atoms with Gasteiger partial charge in [-0.25, -0.2) is 9.97 Å². The highest BCUT2D eigenvalue weighted by atomic mass is 79.9. The second-order valence-corrected chi connectivity index (χ2v) is 14.1. The first-order valence-electron chi connectivity index (χ1n) is 14.5. The fraction of sp³-hybridized carbons (Fsp3) is 0.300. The van der Waals surface area contributed by atoms with Gasteiger partial charge in [-0.05, 0) is 99.1 Å². The first-order chi connectivity index (χ1) is 23.3. The van der Waals surface area contributed by atoms with Crippen LogP contribution in [-0.2, 0) is 40.9 Å². The summed E-state index contributed by atoms with van der Waals surface area (Å²) in [5, 5.41) is 30.5. The number of benzene rings is 2. The Hall–Kier alpha value is -3.65. The molecule has 2 aromatic carbocycles. The number of amides is 2. The molecule has 0 fully saturated rings. The van der Waals surface area contributed by atoms with E-state index in [1.54, 1.807) is 30.5 Å². The predicted octanol–water partition coefficient (Wildman–Crippen LogP) is 3.89. The number of oxime groups is 1. The van der Waals surface area contributed by atoms with Gasteiger partial charge in [0, 0.05) is 50.2 Å². The van der Waals surface area contributed by atoms with Crippen molar-refractivity contribution in [2.24, 2.45) is 5.16 Å². The number of H-pyrrole nitrogens is 2. The number of aliphatic hydroxyl groups is 1. The summed E-state index contributed by atoms with van der Waals surface area (Å²) in [5.41, 5.74) is 11.6. The minimum Gasteiger partial charge on any atom is -0.494 e. The van der Waals surface area contributed by atoms with Crippen molar-refractivity contribution in [3.63, 3.8) is 0 Å². The minimum atomic E-state index is -2.21. The molecule has 0 aliphatic heterocycles. The van der Waals surface area contributed by atoms with Gasteiger partial charge in [0.15, 0.2) is 17.5 Å². The van der Waals surface area contributed by atoms with Gasteiger partial charge in [-0.2, -0.15) is 0 Å². The molecule has 4 aromatic rings. The number of aromatic nitrogens is 4. The van der Waals surface area contributed by atoms with Gasteiger partial charge in [0.05, 0.1) is 38.3 Å². The summed E-state index contributed by atoms with van der Waals surface area (Å²) < 4.78 is 13.2. The molecule has 1 unspecified atom stereocenters. The van der Waals surface area contributed by atoms with Gasteiger partial charge >= 0.3 is 0 Å². The zero-order chi connectivity index (χ0) is 35.9. The molecule has 15 nitrogen and oxygen atoms in total. The molecule has 10 N–H and O–H groups in total. The number of aromatic amines is 2. The summed E-state index contributed by atoms with van der Waals surface area (Å²) >= 11 is 13.8. The number of hydrogen-bond acceptors (Lipinski definition) is 11. The second kappa shape index (κ2) is 16.8. The Labute approximate surface area is 314 Å². The summed E-state index contributed by atoms with van der Waals surface area (Å²) in [7, 11) is 3.05. The molecule has 19 heteroatoms. The molecule has 1 atom stereocenters. The van der Waals surface area contributed by atoms with Crippen LogP contribution < -0.4 is 31.6 Å². The van der Waals surface area contributed by atoms with Crippen molar-refractivity contribution in [1.29, 1.82) is 0 Å². The number of nitrogens with zero attached hydrogens (tertiary/aromatic N) is 3. The van der Waals surface area contributed by atoms with E-state index in [9.17, 15) is 19.9 Å². The molecule has 4 rings (SSSR count). The molecule has 0 radical (unpaired) electrons. The molecule has 2 heterocycles. The number of imidazole rings is 2. The van der Waals surface area contributed by atoms with Crippen molar-refractivity contribution in [3.8, 4) is 11.5 Å². The minimum absolute atomic E-state index is 0.0149. The van der Waals surface area contributed by atoms with Crippen molar-refractivity contribution in [1.82, 2.24) is 30.6 Å². The molecule has 0 aliphatic carbocycles. The number of halogens is 4. The number of methoxy groups -OCH3 is 2. The number of rotatable bonds is 15. The zero-order valence-corrected chi connectivity index (χ0v) is 32.5. The molecule has 0 saturated heterocycles. The van der Waals surface area contributed by atoms with Crippen molar-refractivity contribution in [2.75, 3.05) is 38.8 Å². The fourth-order valence-corrected chi connectivity index (χ4v) is 8.27. The Morgan fingerprint density at radius 3 is 2.00 bits per heavy atom. The molecule has 49 heavy (non-hydrogen) atoms. The average Bonchev–Trinajstić information content (AvgIpc) is 3.63. The monoisotopic (exact) mass is 931 g/mol. The highest BCUT2D eigenvalue weighted by Gasteiger charge is 2.42. The lowest BCUT2D eigenvalue weighted by atomic mass is 9.88. The Kier molecular flexibility index (Phi) is 13.1. The van der Waals surface area contributed by atoms with E-state index in [4.69, 9.17) is 20.9 Å². The topological polar surface area (TPSA) is 239 Å². The largest absolute Gasteiger partial charge is 0.494 e. The average molecular weight is 935 g/mol. The molecule has 0 bridgehead atoms.